The number of nitrogens with one attached hydrogen (secondary N) is 1. The van der Waals surface area contributed by atoms with Crippen LogP contribution in [0.1, 0.15) is 6.92 Å². The van der Waals surface area contributed by atoms with Crippen LogP contribution in [-0.4, -0.2) is 22.6 Å². The number of ether oxygens (including phenoxy) is 1. The first kappa shape index (κ1) is 13.4. The van der Waals surface area contributed by atoms with Crippen molar-refractivity contribution in [3.05, 3.63) is 43.2 Å². The maximum absolute atomic E-state index is 11.4. The zero-order valence-corrected chi connectivity index (χ0v) is 10.9. The molecule has 0 aliphatic carbocycles. The number of rotatable bonds is 3. The summed E-state index contributed by atoms with van der Waals surface area (Å²) >= 11 is 3.01. The number of nitrogens with zero attached hydrogens (tertiary/aromatic N) is 1. The molecule has 1 N–H and O–H groups in total. The Balaban J connectivity index is 2.98. The summed E-state index contributed by atoms with van der Waals surface area (Å²) in [7, 11) is 1.28. The molecule has 0 unspecified atom stereocenters. The Kier molecular flexibility index (Phi) is 4.45. The van der Waals surface area contributed by atoms with Crippen LogP contribution in [0.4, 0.5) is 0 Å². The molecule has 6 nitrogen and oxygen atoms in total. The molecule has 1 rings (SSSR count). The standard InChI is InChI=1S/C10H11BrN2O4/c1-6(9(15)17-2)3-4-13-5-7(11)8(14)12-10(13)16/h3,5H,4H2,1-2H3,(H,12,14,16). The van der Waals surface area contributed by atoms with Crippen LogP contribution in [0.25, 0.3) is 0 Å². The van der Waals surface area contributed by atoms with E-state index in [0.29, 0.717) is 5.57 Å². The first-order valence-electron chi connectivity index (χ1n) is 4.70. The molecule has 17 heavy (non-hydrogen) atoms. The van der Waals surface area contributed by atoms with Gasteiger partial charge in [0, 0.05) is 18.3 Å². The third-order valence-corrected chi connectivity index (χ3v) is 2.63. The third kappa shape index (κ3) is 3.42. The van der Waals surface area contributed by atoms with E-state index in [0.717, 1.165) is 0 Å². The number of hydrogen-bond acceptors (Lipinski definition) is 4. The van der Waals surface area contributed by atoms with E-state index in [1.165, 1.54) is 23.9 Å². The molecule has 0 bridgehead atoms. The van der Waals surface area contributed by atoms with Crippen molar-refractivity contribution in [2.45, 2.75) is 13.5 Å². The second-order valence-corrected chi connectivity index (χ2v) is 4.12. The summed E-state index contributed by atoms with van der Waals surface area (Å²) in [5.41, 5.74) is -0.631. The molecule has 0 radical (unpaired) electrons. The Hall–Kier alpha value is -1.63. The molecule has 0 atom stereocenters. The van der Waals surface area contributed by atoms with Gasteiger partial charge in [-0.3, -0.25) is 14.3 Å². The molecule has 1 aromatic heterocycles. The van der Waals surface area contributed by atoms with E-state index < -0.39 is 17.2 Å². The number of hydrogen-bond donors (Lipinski definition) is 1. The van der Waals surface area contributed by atoms with Gasteiger partial charge in [0.2, 0.25) is 0 Å². The van der Waals surface area contributed by atoms with Crippen molar-refractivity contribution in [2.75, 3.05) is 7.11 Å². The van der Waals surface area contributed by atoms with Crippen LogP contribution in [0.3, 0.4) is 0 Å². The van der Waals surface area contributed by atoms with Crippen molar-refractivity contribution in [1.82, 2.24) is 9.55 Å². The van der Waals surface area contributed by atoms with Crippen molar-refractivity contribution in [3.8, 4) is 0 Å². The van der Waals surface area contributed by atoms with E-state index in [1.807, 2.05) is 0 Å². The van der Waals surface area contributed by atoms with Gasteiger partial charge in [-0.25, -0.2) is 9.59 Å². The smallest absolute Gasteiger partial charge is 0.333 e. The fourth-order valence-electron chi connectivity index (χ4n) is 1.10. The van der Waals surface area contributed by atoms with Crippen molar-refractivity contribution < 1.29 is 9.53 Å². The number of carbonyl (C=O) groups excluding carboxylic acids is 1. The van der Waals surface area contributed by atoms with Crippen molar-refractivity contribution in [2.24, 2.45) is 0 Å². The fraction of sp³-hybridized carbons (Fsp3) is 0.300. The number of halogens is 1. The summed E-state index contributed by atoms with van der Waals surface area (Å²) in [6, 6.07) is 0. The van der Waals surface area contributed by atoms with Crippen LogP contribution in [0.15, 0.2) is 31.9 Å². The number of H-pyrrole nitrogens is 1. The minimum Gasteiger partial charge on any atom is -0.466 e. The lowest BCUT2D eigenvalue weighted by Crippen LogP contribution is -2.29. The van der Waals surface area contributed by atoms with Crippen LogP contribution in [0.5, 0.6) is 0 Å². The number of allylic oxidation sites excluding steroid dienone is 1. The molecule has 92 valence electrons. The van der Waals surface area contributed by atoms with Gasteiger partial charge in [-0.15, -0.1) is 0 Å². The molecule has 0 amide bonds. The Morgan fingerprint density at radius 1 is 1.59 bits per heavy atom. The van der Waals surface area contributed by atoms with Crippen LogP contribution in [-0.2, 0) is 16.1 Å². The highest BCUT2D eigenvalue weighted by Crippen LogP contribution is 2.00. The van der Waals surface area contributed by atoms with Crippen LogP contribution in [0, 0.1) is 0 Å². The largest absolute Gasteiger partial charge is 0.466 e. The number of aromatic nitrogens is 2. The van der Waals surface area contributed by atoms with Gasteiger partial charge in [0.1, 0.15) is 0 Å². The summed E-state index contributed by atoms with van der Waals surface area (Å²) in [5, 5.41) is 0. The van der Waals surface area contributed by atoms with Gasteiger partial charge in [0.05, 0.1) is 11.6 Å². The molecule has 0 saturated heterocycles. The van der Waals surface area contributed by atoms with Crippen molar-refractivity contribution in [3.63, 3.8) is 0 Å². The van der Waals surface area contributed by atoms with Crippen molar-refractivity contribution >= 4 is 21.9 Å². The zero-order chi connectivity index (χ0) is 13.0. The molecule has 0 aromatic carbocycles. The highest BCUT2D eigenvalue weighted by atomic mass is 79.9. The molecule has 0 spiro atoms. The molecule has 0 fully saturated rings. The lowest BCUT2D eigenvalue weighted by molar-refractivity contribution is -0.136. The first-order chi connectivity index (χ1) is 7.95. The Labute approximate surface area is 105 Å². The van der Waals surface area contributed by atoms with Crippen LogP contribution < -0.4 is 11.2 Å². The van der Waals surface area contributed by atoms with E-state index in [2.05, 4.69) is 25.7 Å². The molecule has 1 heterocycles. The highest BCUT2D eigenvalue weighted by Gasteiger charge is 2.04. The van der Waals surface area contributed by atoms with Crippen molar-refractivity contribution in [1.29, 1.82) is 0 Å². The summed E-state index contributed by atoms with van der Waals surface area (Å²) < 4.78 is 6.02. The molecule has 0 aliphatic rings. The quantitative estimate of drug-likeness (QED) is 0.648. The lowest BCUT2D eigenvalue weighted by atomic mass is 10.3. The molecule has 0 saturated carbocycles. The van der Waals surface area contributed by atoms with E-state index >= 15 is 0 Å². The van der Waals surface area contributed by atoms with Gasteiger partial charge >= 0.3 is 11.7 Å². The molecule has 0 aliphatic heterocycles. The minimum atomic E-state index is -0.535. The monoisotopic (exact) mass is 302 g/mol. The van der Waals surface area contributed by atoms with Crippen LogP contribution >= 0.6 is 15.9 Å². The first-order valence-corrected chi connectivity index (χ1v) is 5.49. The Morgan fingerprint density at radius 3 is 2.82 bits per heavy atom. The predicted octanol–water partition coefficient (Wildman–Crippen LogP) is 0.418. The zero-order valence-electron chi connectivity index (χ0n) is 9.32. The maximum Gasteiger partial charge on any atom is 0.333 e. The van der Waals surface area contributed by atoms with E-state index in [-0.39, 0.29) is 11.0 Å². The van der Waals surface area contributed by atoms with Gasteiger partial charge in [-0.2, -0.15) is 0 Å². The second-order valence-electron chi connectivity index (χ2n) is 3.27. The summed E-state index contributed by atoms with van der Waals surface area (Å²) in [4.78, 5) is 35.7. The van der Waals surface area contributed by atoms with Gasteiger partial charge in [-0.1, -0.05) is 6.08 Å². The molecular formula is C10H11BrN2O4. The average molecular weight is 303 g/mol. The highest BCUT2D eigenvalue weighted by molar-refractivity contribution is 9.10. The van der Waals surface area contributed by atoms with E-state index in [4.69, 9.17) is 0 Å². The lowest BCUT2D eigenvalue weighted by Gasteiger charge is -2.03. The number of esters is 1. The molecule has 7 heteroatoms. The molecular weight excluding hydrogens is 292 g/mol. The third-order valence-electron chi connectivity index (χ3n) is 2.07. The van der Waals surface area contributed by atoms with Gasteiger partial charge in [0.25, 0.3) is 5.56 Å². The summed E-state index contributed by atoms with van der Waals surface area (Å²) in [5.74, 6) is -0.457. The van der Waals surface area contributed by atoms with E-state index in [1.54, 1.807) is 6.92 Å². The van der Waals surface area contributed by atoms with Gasteiger partial charge < -0.3 is 4.74 Å². The fourth-order valence-corrected chi connectivity index (χ4v) is 1.44. The average Bonchev–Trinajstić information content (AvgIpc) is 2.30. The summed E-state index contributed by atoms with van der Waals surface area (Å²) in [6.07, 6.45) is 2.90. The SMILES string of the molecule is COC(=O)C(C)=CCn1cc(Br)c(=O)[nH]c1=O. The Morgan fingerprint density at radius 2 is 2.24 bits per heavy atom. The Bertz CT molecular complexity index is 570. The second kappa shape index (κ2) is 5.62. The predicted molar refractivity (Wildman–Crippen MR) is 64.8 cm³/mol. The van der Waals surface area contributed by atoms with Gasteiger partial charge in [0.15, 0.2) is 0 Å². The van der Waals surface area contributed by atoms with Crippen LogP contribution in [0.2, 0.25) is 0 Å². The number of methoxy groups -OCH3 is 1. The molecule has 1 aromatic rings. The van der Waals surface area contributed by atoms with E-state index in [9.17, 15) is 14.4 Å². The van der Waals surface area contributed by atoms with Gasteiger partial charge in [-0.05, 0) is 22.9 Å². The maximum atomic E-state index is 11.4. The number of aromatic amines is 1. The minimum absolute atomic E-state index is 0.176. The topological polar surface area (TPSA) is 81.2 Å². The normalized spacial score (nSPS) is 11.4. The summed E-state index contributed by atoms with van der Waals surface area (Å²) in [6.45, 7) is 1.76. The number of carbonyl (C=O) groups is 1.